The smallest absolute Gasteiger partial charge is 0.130 e. The van der Waals surface area contributed by atoms with Crippen LogP contribution in [0, 0.1) is 17.2 Å². The number of benzene rings is 2. The topological polar surface area (TPSA) is 44.0 Å². The van der Waals surface area contributed by atoms with Crippen LogP contribution in [-0.2, 0) is 5.60 Å². The van der Waals surface area contributed by atoms with Crippen LogP contribution in [0.2, 0.25) is 0 Å². The lowest BCUT2D eigenvalue weighted by atomic mass is 9.74. The van der Waals surface area contributed by atoms with Gasteiger partial charge in [0.2, 0.25) is 0 Å². The van der Waals surface area contributed by atoms with Gasteiger partial charge in [-0.15, -0.1) is 0 Å². The zero-order chi connectivity index (χ0) is 19.4. The molecule has 2 nitrogen and oxygen atoms in total. The largest absolute Gasteiger partial charge is 0.379 e. The minimum atomic E-state index is -1.27. The van der Waals surface area contributed by atoms with Crippen molar-refractivity contribution in [2.75, 3.05) is 0 Å². The summed E-state index contributed by atoms with van der Waals surface area (Å²) in [6.07, 6.45) is 10.6. The zero-order valence-corrected chi connectivity index (χ0v) is 16.6. The van der Waals surface area contributed by atoms with Crippen molar-refractivity contribution >= 4 is 0 Å². The molecule has 1 atom stereocenters. The van der Waals surface area contributed by atoms with Crippen LogP contribution < -0.4 is 0 Å². The minimum absolute atomic E-state index is 0.456. The van der Waals surface area contributed by atoms with Crippen molar-refractivity contribution in [1.29, 1.82) is 5.26 Å². The third-order valence-electron chi connectivity index (χ3n) is 5.43. The van der Waals surface area contributed by atoms with E-state index in [1.165, 1.54) is 38.5 Å². The summed E-state index contributed by atoms with van der Waals surface area (Å²) in [4.78, 5) is 0. The Kier molecular flexibility index (Phi) is 9.08. The second-order valence-electron chi connectivity index (χ2n) is 7.44. The standard InChI is InChI=1S/C25H33NO/c1-2-3-4-5-6-7-8-11-20-24(21-26)25(27,22-16-12-9-13-17-22)23-18-14-10-15-19-23/h9-10,12-19,24,27H,2-8,11,20H2,1H3. The van der Waals surface area contributed by atoms with Crippen LogP contribution in [0.15, 0.2) is 60.7 Å². The zero-order valence-electron chi connectivity index (χ0n) is 16.6. The Balaban J connectivity index is 2.03. The van der Waals surface area contributed by atoms with Crippen molar-refractivity contribution in [2.45, 2.75) is 70.3 Å². The third-order valence-corrected chi connectivity index (χ3v) is 5.43. The van der Waals surface area contributed by atoms with Crippen LogP contribution in [0.25, 0.3) is 0 Å². The maximum atomic E-state index is 11.7. The summed E-state index contributed by atoms with van der Waals surface area (Å²) < 4.78 is 0. The van der Waals surface area contributed by atoms with Crippen molar-refractivity contribution in [3.8, 4) is 6.07 Å². The first-order chi connectivity index (χ1) is 13.2. The molecule has 2 aromatic carbocycles. The number of hydrogen-bond donors (Lipinski definition) is 1. The quantitative estimate of drug-likeness (QED) is 0.432. The van der Waals surface area contributed by atoms with Gasteiger partial charge in [-0.1, -0.05) is 119 Å². The van der Waals surface area contributed by atoms with Gasteiger partial charge in [-0.05, 0) is 17.5 Å². The van der Waals surface area contributed by atoms with Crippen molar-refractivity contribution in [3.05, 3.63) is 71.8 Å². The molecule has 0 amide bonds. The Bertz CT molecular complexity index is 635. The summed E-state index contributed by atoms with van der Waals surface area (Å²) in [5.74, 6) is -0.456. The Morgan fingerprint density at radius 3 is 1.67 bits per heavy atom. The lowest BCUT2D eigenvalue weighted by Crippen LogP contribution is -2.35. The first kappa shape index (κ1) is 21.2. The molecule has 0 aliphatic heterocycles. The fourth-order valence-electron chi connectivity index (χ4n) is 3.80. The van der Waals surface area contributed by atoms with Gasteiger partial charge < -0.3 is 5.11 Å². The number of rotatable bonds is 12. The van der Waals surface area contributed by atoms with E-state index in [-0.39, 0.29) is 0 Å². The SMILES string of the molecule is CCCCCCCCCCC(C#N)C(O)(c1ccccc1)c1ccccc1. The van der Waals surface area contributed by atoms with Gasteiger partial charge in [0, 0.05) is 0 Å². The highest BCUT2D eigenvalue weighted by molar-refractivity contribution is 5.38. The molecule has 144 valence electrons. The van der Waals surface area contributed by atoms with Gasteiger partial charge >= 0.3 is 0 Å². The molecule has 0 radical (unpaired) electrons. The first-order valence-electron chi connectivity index (χ1n) is 10.5. The van der Waals surface area contributed by atoms with E-state index in [0.29, 0.717) is 6.42 Å². The Hall–Kier alpha value is -2.11. The second kappa shape index (κ2) is 11.6. The van der Waals surface area contributed by atoms with E-state index in [2.05, 4.69) is 13.0 Å². The summed E-state index contributed by atoms with van der Waals surface area (Å²) in [5.41, 5.74) is 0.322. The lowest BCUT2D eigenvalue weighted by molar-refractivity contribution is 0.0349. The molecule has 1 N–H and O–H groups in total. The first-order valence-corrected chi connectivity index (χ1v) is 10.5. The highest BCUT2D eigenvalue weighted by atomic mass is 16.3. The van der Waals surface area contributed by atoms with E-state index in [1.54, 1.807) is 0 Å². The molecule has 0 saturated heterocycles. The lowest BCUT2D eigenvalue weighted by Gasteiger charge is -2.33. The van der Waals surface area contributed by atoms with E-state index in [1.807, 2.05) is 60.7 Å². The van der Waals surface area contributed by atoms with Gasteiger partial charge in [-0.3, -0.25) is 0 Å². The number of hydrogen-bond acceptors (Lipinski definition) is 2. The van der Waals surface area contributed by atoms with Crippen LogP contribution in [0.3, 0.4) is 0 Å². The van der Waals surface area contributed by atoms with Gasteiger partial charge in [0.25, 0.3) is 0 Å². The molecule has 0 saturated carbocycles. The number of nitriles is 1. The molecule has 0 heterocycles. The molecular formula is C25H33NO. The normalized spacial score (nSPS) is 12.5. The summed E-state index contributed by atoms with van der Waals surface area (Å²) >= 11 is 0. The van der Waals surface area contributed by atoms with Crippen molar-refractivity contribution in [1.82, 2.24) is 0 Å². The van der Waals surface area contributed by atoms with Crippen molar-refractivity contribution in [2.24, 2.45) is 5.92 Å². The van der Waals surface area contributed by atoms with Crippen molar-refractivity contribution < 1.29 is 5.11 Å². The molecular weight excluding hydrogens is 330 g/mol. The van der Waals surface area contributed by atoms with E-state index >= 15 is 0 Å². The second-order valence-corrected chi connectivity index (χ2v) is 7.44. The Morgan fingerprint density at radius 2 is 1.22 bits per heavy atom. The number of aliphatic hydroxyl groups is 1. The minimum Gasteiger partial charge on any atom is -0.379 e. The Morgan fingerprint density at radius 1 is 0.778 bits per heavy atom. The highest BCUT2D eigenvalue weighted by Crippen LogP contribution is 2.39. The van der Waals surface area contributed by atoms with E-state index < -0.39 is 11.5 Å². The molecule has 27 heavy (non-hydrogen) atoms. The van der Waals surface area contributed by atoms with Gasteiger partial charge in [0.1, 0.15) is 5.60 Å². The predicted octanol–water partition coefficient (Wildman–Crippen LogP) is 6.59. The Labute approximate surface area is 164 Å². The molecule has 2 heteroatoms. The maximum absolute atomic E-state index is 11.7. The van der Waals surface area contributed by atoms with Gasteiger partial charge in [-0.25, -0.2) is 0 Å². The molecule has 0 aliphatic rings. The number of nitrogens with zero attached hydrogens (tertiary/aromatic N) is 1. The van der Waals surface area contributed by atoms with Gasteiger partial charge in [0.15, 0.2) is 0 Å². The summed E-state index contributed by atoms with van der Waals surface area (Å²) in [6.45, 7) is 2.24. The van der Waals surface area contributed by atoms with Crippen LogP contribution >= 0.6 is 0 Å². The molecule has 0 fully saturated rings. The van der Waals surface area contributed by atoms with Crippen LogP contribution in [0.1, 0.15) is 75.8 Å². The molecule has 1 unspecified atom stereocenters. The molecule has 2 aromatic rings. The highest BCUT2D eigenvalue weighted by Gasteiger charge is 2.40. The summed E-state index contributed by atoms with van der Waals surface area (Å²) in [5, 5.41) is 21.6. The average molecular weight is 364 g/mol. The number of unbranched alkanes of at least 4 members (excludes halogenated alkanes) is 7. The van der Waals surface area contributed by atoms with E-state index in [4.69, 9.17) is 0 Å². The molecule has 0 aliphatic carbocycles. The van der Waals surface area contributed by atoms with Crippen LogP contribution in [0.4, 0.5) is 0 Å². The van der Waals surface area contributed by atoms with Crippen LogP contribution in [0.5, 0.6) is 0 Å². The maximum Gasteiger partial charge on any atom is 0.130 e. The van der Waals surface area contributed by atoms with Gasteiger partial charge in [0.05, 0.1) is 12.0 Å². The van der Waals surface area contributed by atoms with E-state index in [0.717, 1.165) is 24.0 Å². The molecule has 0 aromatic heterocycles. The predicted molar refractivity (Wildman–Crippen MR) is 112 cm³/mol. The molecule has 0 spiro atoms. The van der Waals surface area contributed by atoms with Crippen LogP contribution in [-0.4, -0.2) is 5.11 Å². The van der Waals surface area contributed by atoms with Gasteiger partial charge in [-0.2, -0.15) is 5.26 Å². The summed E-state index contributed by atoms with van der Waals surface area (Å²) in [6, 6.07) is 21.7. The molecule has 0 bridgehead atoms. The van der Waals surface area contributed by atoms with Crippen molar-refractivity contribution in [3.63, 3.8) is 0 Å². The average Bonchev–Trinajstić information content (AvgIpc) is 2.73. The fourth-order valence-corrected chi connectivity index (χ4v) is 3.80. The van der Waals surface area contributed by atoms with E-state index in [9.17, 15) is 10.4 Å². The molecule has 2 rings (SSSR count). The summed E-state index contributed by atoms with van der Waals surface area (Å²) in [7, 11) is 0. The fraction of sp³-hybridized carbons (Fsp3) is 0.480. The third kappa shape index (κ3) is 5.94. The monoisotopic (exact) mass is 363 g/mol.